The van der Waals surface area contributed by atoms with Crippen LogP contribution >= 0.6 is 15.8 Å². The van der Waals surface area contributed by atoms with Gasteiger partial charge in [0, 0.05) is 32.2 Å². The summed E-state index contributed by atoms with van der Waals surface area (Å²) in [5.41, 5.74) is 4.74. The summed E-state index contributed by atoms with van der Waals surface area (Å²) in [6.45, 7) is 4.28. The van der Waals surface area contributed by atoms with Crippen molar-refractivity contribution < 1.29 is 21.1 Å². The van der Waals surface area contributed by atoms with Crippen LogP contribution in [-0.4, -0.2) is 0 Å². The molecule has 8 aromatic rings. The smallest absolute Gasteiger partial charge is 0.0622 e. The molecule has 272 valence electrons. The summed E-state index contributed by atoms with van der Waals surface area (Å²) in [5.74, 6) is 6.22. The Balaban J connectivity index is 0.000000160. The van der Waals surface area contributed by atoms with Gasteiger partial charge in [0.05, 0.1) is 15.8 Å². The first-order valence-electron chi connectivity index (χ1n) is 18.4. The van der Waals surface area contributed by atoms with Crippen LogP contribution < -0.4 is 31.8 Å². The molecule has 0 nitrogen and oxygen atoms in total. The minimum Gasteiger partial charge on any atom is -0.0622 e. The van der Waals surface area contributed by atoms with E-state index in [4.69, 9.17) is 0 Å². The van der Waals surface area contributed by atoms with E-state index in [9.17, 15) is 0 Å². The van der Waals surface area contributed by atoms with Gasteiger partial charge in [0.15, 0.2) is 0 Å². The zero-order valence-electron chi connectivity index (χ0n) is 31.3. The van der Waals surface area contributed by atoms with Gasteiger partial charge in [0.2, 0.25) is 0 Å². The molecule has 0 saturated heterocycles. The van der Waals surface area contributed by atoms with E-state index in [1.807, 2.05) is 60.7 Å². The van der Waals surface area contributed by atoms with Gasteiger partial charge in [-0.1, -0.05) is 156 Å². The number of aryl methyl sites for hydroxylation is 2. The van der Waals surface area contributed by atoms with Gasteiger partial charge >= 0.3 is 0 Å². The second-order valence-corrected chi connectivity index (χ2v) is 17.9. The van der Waals surface area contributed by atoms with E-state index >= 15 is 0 Å². The second-order valence-electron chi connectivity index (χ2n) is 12.9. The maximum Gasteiger partial charge on any atom is 0.102 e. The Labute approximate surface area is 345 Å². The molecule has 0 N–H and O–H groups in total. The van der Waals surface area contributed by atoms with Gasteiger partial charge in [-0.15, -0.1) is 0 Å². The van der Waals surface area contributed by atoms with Crippen LogP contribution in [0, 0.1) is 25.7 Å². The fourth-order valence-electron chi connectivity index (χ4n) is 6.05. The Kier molecular flexibility index (Phi) is 16.6. The van der Waals surface area contributed by atoms with Gasteiger partial charge in [0.1, 0.15) is 31.8 Å². The summed E-state index contributed by atoms with van der Waals surface area (Å²) < 4.78 is 0. The van der Waals surface area contributed by atoms with E-state index < -0.39 is 15.8 Å². The van der Waals surface area contributed by atoms with Crippen molar-refractivity contribution in [2.24, 2.45) is 0 Å². The molecule has 0 saturated carbocycles. The molecule has 0 aliphatic rings. The van der Waals surface area contributed by atoms with Gasteiger partial charge in [-0.3, -0.25) is 0 Å². The van der Waals surface area contributed by atoms with Crippen LogP contribution in [0.3, 0.4) is 0 Å². The van der Waals surface area contributed by atoms with E-state index in [1.165, 1.54) is 43.0 Å². The van der Waals surface area contributed by atoms with Gasteiger partial charge in [0.25, 0.3) is 0 Å². The first kappa shape index (κ1) is 41.0. The molecule has 0 radical (unpaired) electrons. The van der Waals surface area contributed by atoms with Crippen molar-refractivity contribution in [2.75, 3.05) is 0 Å². The molecule has 8 aromatic carbocycles. The van der Waals surface area contributed by atoms with Crippen LogP contribution in [0.1, 0.15) is 22.3 Å². The third kappa shape index (κ3) is 12.7. The van der Waals surface area contributed by atoms with Crippen LogP contribution in [0.2, 0.25) is 0 Å². The molecule has 0 heterocycles. The molecule has 3 heteroatoms. The normalized spacial score (nSPS) is 10.0. The Morgan fingerprint density at radius 2 is 0.455 bits per heavy atom. The van der Waals surface area contributed by atoms with Gasteiger partial charge < -0.3 is 0 Å². The van der Waals surface area contributed by atoms with E-state index in [0.717, 1.165) is 11.1 Å². The summed E-state index contributed by atoms with van der Waals surface area (Å²) in [4.78, 5) is 0. The third-order valence-electron chi connectivity index (χ3n) is 8.83. The topological polar surface area (TPSA) is 0 Å². The average molecular weight is 928 g/mol. The van der Waals surface area contributed by atoms with Crippen molar-refractivity contribution in [3.05, 3.63) is 253 Å². The van der Waals surface area contributed by atoms with Gasteiger partial charge in [-0.25, -0.2) is 0 Å². The summed E-state index contributed by atoms with van der Waals surface area (Å²) in [7, 11) is -1.79. The van der Waals surface area contributed by atoms with Crippen LogP contribution in [-0.2, 0) is 21.1 Å². The fourth-order valence-corrected chi connectivity index (χ4v) is 11.2. The summed E-state index contributed by atoms with van der Waals surface area (Å²) in [6, 6.07) is 81.4. The Morgan fingerprint density at radius 1 is 0.255 bits per heavy atom. The largest absolute Gasteiger partial charge is 0.102 e. The van der Waals surface area contributed by atoms with Crippen LogP contribution in [0.25, 0.3) is 0 Å². The van der Waals surface area contributed by atoms with E-state index in [1.54, 1.807) is 0 Å². The predicted octanol–water partition coefficient (Wildman–Crippen LogP) is 10.1. The summed E-state index contributed by atoms with van der Waals surface area (Å²) >= 11 is 0. The molecule has 0 fully saturated rings. The van der Waals surface area contributed by atoms with Gasteiger partial charge in [-0.05, 0) is 111 Å². The molecule has 55 heavy (non-hydrogen) atoms. The van der Waals surface area contributed by atoms with E-state index in [2.05, 4.69) is 196 Å². The molecule has 0 aliphatic heterocycles. The van der Waals surface area contributed by atoms with Crippen molar-refractivity contribution in [1.29, 1.82) is 0 Å². The standard InChI is InChI=1S/2C19H17P.C14H10.Pt/c2*1-16-12-14-19(15-13-16)20(17-8-4-2-5-9-17)18-10-6-3-7-11-18;1-3-7-13(8-4-1)11-12-14-9-5-2-6-10-14;/h2*2-15H,1H3;1-10H;/p+2. The third-order valence-corrected chi connectivity index (χ3v) is 14.3. The minimum atomic E-state index is -0.894. The van der Waals surface area contributed by atoms with Crippen LogP contribution in [0.5, 0.6) is 0 Å². The maximum absolute atomic E-state index is 3.11. The van der Waals surface area contributed by atoms with E-state index in [0.29, 0.717) is 0 Å². The molecule has 0 atom stereocenters. The average Bonchev–Trinajstić information content (AvgIpc) is 3.25. The van der Waals surface area contributed by atoms with Crippen molar-refractivity contribution in [1.82, 2.24) is 0 Å². The monoisotopic (exact) mass is 927 g/mol. The Bertz CT molecular complexity index is 2060. The second kappa shape index (κ2) is 22.3. The molecule has 0 aliphatic carbocycles. The molecular formula is C52H46P2Pt+2. The SMILES string of the molecule is C(#Cc1ccccc1)c1ccccc1.Cc1ccc([PH+](c2ccccc2)c2ccccc2)cc1.Cc1ccc([PH+](c2ccccc2)c2ccccc2)cc1.[Pt]. The quantitative estimate of drug-likeness (QED) is 0.115. The van der Waals surface area contributed by atoms with E-state index in [-0.39, 0.29) is 21.1 Å². The van der Waals surface area contributed by atoms with Crippen LogP contribution in [0.15, 0.2) is 231 Å². The van der Waals surface area contributed by atoms with Crippen LogP contribution in [0.4, 0.5) is 0 Å². The Hall–Kier alpha value is -5.13. The summed E-state index contributed by atoms with van der Waals surface area (Å²) in [5, 5.41) is 8.64. The molecule has 0 unspecified atom stereocenters. The molecule has 0 bridgehead atoms. The molecule has 0 amide bonds. The fraction of sp³-hybridized carbons (Fsp3) is 0.0385. The first-order valence-corrected chi connectivity index (χ1v) is 21.4. The minimum absolute atomic E-state index is 0. The van der Waals surface area contributed by atoms with Gasteiger partial charge in [-0.2, -0.15) is 0 Å². The zero-order chi connectivity index (χ0) is 37.2. The van der Waals surface area contributed by atoms with Crippen molar-refractivity contribution >= 4 is 47.7 Å². The number of benzene rings is 8. The number of hydrogen-bond donors (Lipinski definition) is 0. The van der Waals surface area contributed by atoms with Crippen molar-refractivity contribution in [2.45, 2.75) is 13.8 Å². The number of hydrogen-bond acceptors (Lipinski definition) is 0. The molecule has 8 rings (SSSR count). The maximum atomic E-state index is 3.11. The van der Waals surface area contributed by atoms with Crippen molar-refractivity contribution in [3.8, 4) is 11.8 Å². The predicted molar refractivity (Wildman–Crippen MR) is 241 cm³/mol. The number of rotatable bonds is 6. The first-order chi connectivity index (χ1) is 26.6. The van der Waals surface area contributed by atoms with Crippen molar-refractivity contribution in [3.63, 3.8) is 0 Å². The Morgan fingerprint density at radius 3 is 0.691 bits per heavy atom. The summed E-state index contributed by atoms with van der Waals surface area (Å²) in [6.07, 6.45) is 0. The molecule has 0 spiro atoms. The molecular weight excluding hydrogens is 882 g/mol. The zero-order valence-corrected chi connectivity index (χ0v) is 35.5. The molecule has 0 aromatic heterocycles.